The smallest absolute Gasteiger partial charge is 0.327 e. The van der Waals surface area contributed by atoms with Gasteiger partial charge in [0.1, 0.15) is 5.82 Å². The Morgan fingerprint density at radius 2 is 1.87 bits per heavy atom. The maximum atomic E-state index is 13.2. The van der Waals surface area contributed by atoms with Gasteiger partial charge in [-0.1, -0.05) is 0 Å². The van der Waals surface area contributed by atoms with E-state index in [9.17, 15) is 17.6 Å². The highest BCUT2D eigenvalue weighted by molar-refractivity contribution is 5.34. The van der Waals surface area contributed by atoms with Crippen molar-refractivity contribution in [1.29, 1.82) is 0 Å². The fraction of sp³-hybridized carbons (Fsp3) is 0.400. The Labute approximate surface area is 83.9 Å². The summed E-state index contributed by atoms with van der Waals surface area (Å²) in [6.07, 6.45) is -3.88. The molecule has 0 aromatic heterocycles. The fourth-order valence-corrected chi connectivity index (χ4v) is 1.58. The molecule has 0 radical (unpaired) electrons. The van der Waals surface area contributed by atoms with Crippen LogP contribution < -0.4 is 5.73 Å². The minimum absolute atomic E-state index is 0.0809. The van der Waals surface area contributed by atoms with Crippen LogP contribution in [0.3, 0.4) is 0 Å². The molecule has 5 heteroatoms. The van der Waals surface area contributed by atoms with Crippen molar-refractivity contribution in [3.63, 3.8) is 0 Å². The summed E-state index contributed by atoms with van der Waals surface area (Å²) in [5, 5.41) is 0. The fourth-order valence-electron chi connectivity index (χ4n) is 1.58. The Morgan fingerprint density at radius 1 is 1.27 bits per heavy atom. The molecular formula is C10H9F4N. The van der Waals surface area contributed by atoms with E-state index in [0.717, 1.165) is 18.2 Å². The summed E-state index contributed by atoms with van der Waals surface area (Å²) in [6.45, 7) is 0. The number of alkyl halides is 3. The Balaban J connectivity index is 2.38. The largest absolute Gasteiger partial charge is 0.416 e. The molecule has 1 nitrogen and oxygen atoms in total. The van der Waals surface area contributed by atoms with Gasteiger partial charge in [0, 0.05) is 12.0 Å². The maximum Gasteiger partial charge on any atom is 0.416 e. The monoisotopic (exact) mass is 219 g/mol. The summed E-state index contributed by atoms with van der Waals surface area (Å²) in [7, 11) is 0. The molecular weight excluding hydrogens is 210 g/mol. The van der Waals surface area contributed by atoms with Gasteiger partial charge in [-0.25, -0.2) is 4.39 Å². The molecule has 1 saturated carbocycles. The molecule has 2 N–H and O–H groups in total. The van der Waals surface area contributed by atoms with Crippen molar-refractivity contribution < 1.29 is 17.6 Å². The Kier molecular flexibility index (Phi) is 2.22. The summed E-state index contributed by atoms with van der Waals surface area (Å²) >= 11 is 0. The van der Waals surface area contributed by atoms with Gasteiger partial charge in [-0.05, 0) is 30.2 Å². The van der Waals surface area contributed by atoms with Gasteiger partial charge in [-0.2, -0.15) is 13.2 Å². The highest BCUT2D eigenvalue weighted by atomic mass is 19.4. The van der Waals surface area contributed by atoms with Gasteiger partial charge in [-0.3, -0.25) is 0 Å². The third kappa shape index (κ3) is 1.97. The molecule has 0 unspecified atom stereocenters. The van der Waals surface area contributed by atoms with Crippen molar-refractivity contribution in [3.8, 4) is 0 Å². The molecule has 15 heavy (non-hydrogen) atoms. The Hall–Kier alpha value is -1.10. The van der Waals surface area contributed by atoms with Crippen LogP contribution in [0.25, 0.3) is 0 Å². The molecule has 2 rings (SSSR count). The zero-order valence-corrected chi connectivity index (χ0v) is 7.68. The molecule has 0 spiro atoms. The Bertz CT molecular complexity index is 385. The Morgan fingerprint density at radius 3 is 2.33 bits per heavy atom. The predicted molar refractivity (Wildman–Crippen MR) is 46.7 cm³/mol. The number of benzene rings is 1. The van der Waals surface area contributed by atoms with E-state index in [0.29, 0.717) is 6.42 Å². The summed E-state index contributed by atoms with van der Waals surface area (Å²) in [4.78, 5) is 0. The van der Waals surface area contributed by atoms with Crippen LogP contribution in [0.1, 0.15) is 23.5 Å². The zero-order chi connectivity index (χ0) is 11.2. The van der Waals surface area contributed by atoms with Gasteiger partial charge in [0.05, 0.1) is 5.56 Å². The SMILES string of the molecule is N[C@@H]1C[C@H]1c1cc(C(F)(F)F)ccc1F. The lowest BCUT2D eigenvalue weighted by Gasteiger charge is -2.09. The van der Waals surface area contributed by atoms with E-state index in [-0.39, 0.29) is 17.5 Å². The molecule has 1 aliphatic rings. The predicted octanol–water partition coefficient (Wildman–Crippen LogP) is 2.66. The first-order chi connectivity index (χ1) is 6.89. The van der Waals surface area contributed by atoms with Gasteiger partial charge < -0.3 is 5.73 Å². The van der Waals surface area contributed by atoms with Crippen molar-refractivity contribution in [2.24, 2.45) is 5.73 Å². The minimum atomic E-state index is -4.43. The molecule has 0 amide bonds. The van der Waals surface area contributed by atoms with Crippen LogP contribution in [-0.4, -0.2) is 6.04 Å². The number of nitrogens with two attached hydrogens (primary N) is 1. The number of hydrogen-bond donors (Lipinski definition) is 1. The van der Waals surface area contributed by atoms with E-state index in [4.69, 9.17) is 5.73 Å². The normalized spacial score (nSPS) is 25.4. The molecule has 0 heterocycles. The summed E-state index contributed by atoms with van der Waals surface area (Å²) in [5.41, 5.74) is 4.74. The third-order valence-corrected chi connectivity index (χ3v) is 2.56. The van der Waals surface area contributed by atoms with Crippen molar-refractivity contribution in [2.45, 2.75) is 24.6 Å². The van der Waals surface area contributed by atoms with Crippen molar-refractivity contribution in [3.05, 3.63) is 35.1 Å². The van der Waals surface area contributed by atoms with Crippen LogP contribution in [0.15, 0.2) is 18.2 Å². The average Bonchev–Trinajstić information content (AvgIpc) is 2.81. The molecule has 1 aromatic carbocycles. The number of hydrogen-bond acceptors (Lipinski definition) is 1. The van der Waals surface area contributed by atoms with Gasteiger partial charge in [0.15, 0.2) is 0 Å². The van der Waals surface area contributed by atoms with E-state index >= 15 is 0 Å². The van der Waals surface area contributed by atoms with Crippen LogP contribution in [0.2, 0.25) is 0 Å². The van der Waals surface area contributed by atoms with E-state index in [1.54, 1.807) is 0 Å². The van der Waals surface area contributed by atoms with E-state index in [1.807, 2.05) is 0 Å². The standard InChI is InChI=1S/C10H9F4N/c11-8-2-1-5(10(12,13)14)3-6(8)7-4-9(7)15/h1-3,7,9H,4,15H2/t7-,9+/m0/s1. The number of rotatable bonds is 1. The molecule has 1 aromatic rings. The van der Waals surface area contributed by atoms with Gasteiger partial charge in [-0.15, -0.1) is 0 Å². The topological polar surface area (TPSA) is 26.0 Å². The second kappa shape index (κ2) is 3.20. The van der Waals surface area contributed by atoms with Gasteiger partial charge >= 0.3 is 6.18 Å². The molecule has 0 saturated heterocycles. The molecule has 1 aliphatic carbocycles. The minimum Gasteiger partial charge on any atom is -0.327 e. The summed E-state index contributed by atoms with van der Waals surface area (Å²) in [6, 6.07) is 2.24. The van der Waals surface area contributed by atoms with Crippen molar-refractivity contribution in [1.82, 2.24) is 0 Å². The molecule has 82 valence electrons. The molecule has 0 bridgehead atoms. The highest BCUT2D eigenvalue weighted by Crippen LogP contribution is 2.42. The summed E-state index contributed by atoms with van der Waals surface area (Å²) in [5.74, 6) is -0.867. The quantitative estimate of drug-likeness (QED) is 0.722. The van der Waals surface area contributed by atoms with Crippen molar-refractivity contribution >= 4 is 0 Å². The van der Waals surface area contributed by atoms with Crippen LogP contribution in [0.4, 0.5) is 17.6 Å². The van der Waals surface area contributed by atoms with Crippen LogP contribution >= 0.6 is 0 Å². The third-order valence-electron chi connectivity index (χ3n) is 2.56. The lowest BCUT2D eigenvalue weighted by Crippen LogP contribution is -2.08. The summed E-state index contributed by atoms with van der Waals surface area (Å²) < 4.78 is 50.2. The van der Waals surface area contributed by atoms with Gasteiger partial charge in [0.25, 0.3) is 0 Å². The molecule has 2 atom stereocenters. The van der Waals surface area contributed by atoms with Crippen LogP contribution in [0.5, 0.6) is 0 Å². The molecule has 0 aliphatic heterocycles. The second-order valence-corrected chi connectivity index (χ2v) is 3.74. The van der Waals surface area contributed by atoms with Crippen molar-refractivity contribution in [2.75, 3.05) is 0 Å². The first-order valence-corrected chi connectivity index (χ1v) is 4.52. The van der Waals surface area contributed by atoms with E-state index in [1.165, 1.54) is 0 Å². The van der Waals surface area contributed by atoms with Gasteiger partial charge in [0.2, 0.25) is 0 Å². The van der Waals surface area contributed by atoms with E-state index in [2.05, 4.69) is 0 Å². The zero-order valence-electron chi connectivity index (χ0n) is 7.68. The maximum absolute atomic E-state index is 13.2. The lowest BCUT2D eigenvalue weighted by molar-refractivity contribution is -0.137. The van der Waals surface area contributed by atoms with E-state index < -0.39 is 17.6 Å². The second-order valence-electron chi connectivity index (χ2n) is 3.74. The lowest BCUT2D eigenvalue weighted by atomic mass is 10.1. The average molecular weight is 219 g/mol. The first-order valence-electron chi connectivity index (χ1n) is 4.52. The van der Waals surface area contributed by atoms with Crippen LogP contribution in [0, 0.1) is 5.82 Å². The highest BCUT2D eigenvalue weighted by Gasteiger charge is 2.39. The van der Waals surface area contributed by atoms with Crippen LogP contribution in [-0.2, 0) is 6.18 Å². The number of halogens is 4. The molecule has 1 fully saturated rings. The first kappa shape index (κ1) is 10.4.